The molecular formula is C49H32N4O. The second-order valence-corrected chi connectivity index (χ2v) is 12.8. The van der Waals surface area contributed by atoms with E-state index in [-0.39, 0.29) is 69.1 Å². The third-order valence-corrected chi connectivity index (χ3v) is 9.40. The first-order valence-corrected chi connectivity index (χ1v) is 17.5. The fourth-order valence-electron chi connectivity index (χ4n) is 6.81. The molecule has 0 unspecified atom stereocenters. The van der Waals surface area contributed by atoms with Gasteiger partial charge < -0.3 is 9.32 Å². The van der Waals surface area contributed by atoms with Gasteiger partial charge in [-0.05, 0) is 82.5 Å². The second kappa shape index (κ2) is 13.3. The highest BCUT2D eigenvalue weighted by Gasteiger charge is 2.19. The van der Waals surface area contributed by atoms with Gasteiger partial charge in [0.05, 0.1) is 8.22 Å². The summed E-state index contributed by atoms with van der Waals surface area (Å²) in [4.78, 5) is 16.5. The molecule has 0 saturated carbocycles. The molecule has 5 heteroatoms. The third kappa shape index (κ3) is 5.74. The molecule has 0 spiro atoms. The van der Waals surface area contributed by atoms with E-state index in [4.69, 9.17) is 22.1 Å². The Kier molecular flexibility index (Phi) is 6.30. The van der Waals surface area contributed by atoms with Crippen LogP contribution in [0.2, 0.25) is 0 Å². The number of anilines is 3. The SMILES string of the molecule is [2H]c1c([2H])c(-c2nc(-c3ccccc3)nc(-c3ccccc3)n2)c2c(oc3c([2H])c(-c4ccc5cc(N(c6ccccc6)c6ccccc6)ccc5c4)c([2H])c([2H])c32)c1[2H]. The largest absolute Gasteiger partial charge is 0.456 e. The van der Waals surface area contributed by atoms with Crippen LogP contribution in [0.15, 0.2) is 198 Å². The van der Waals surface area contributed by atoms with E-state index in [9.17, 15) is 5.48 Å². The van der Waals surface area contributed by atoms with Crippen LogP contribution < -0.4 is 4.90 Å². The molecule has 0 radical (unpaired) electrons. The van der Waals surface area contributed by atoms with Gasteiger partial charge in [0.2, 0.25) is 0 Å². The molecule has 2 heterocycles. The van der Waals surface area contributed by atoms with Gasteiger partial charge in [-0.25, -0.2) is 15.0 Å². The molecule has 0 N–H and O–H groups in total. The van der Waals surface area contributed by atoms with Crippen LogP contribution in [0.3, 0.4) is 0 Å². The van der Waals surface area contributed by atoms with Crippen molar-refractivity contribution in [1.82, 2.24) is 15.0 Å². The van der Waals surface area contributed by atoms with Gasteiger partial charge in [-0.15, -0.1) is 0 Å². The van der Waals surface area contributed by atoms with Crippen molar-refractivity contribution in [3.05, 3.63) is 194 Å². The Balaban J connectivity index is 1.15. The smallest absolute Gasteiger partial charge is 0.164 e. The predicted octanol–water partition coefficient (Wildman–Crippen LogP) is 13.1. The van der Waals surface area contributed by atoms with E-state index in [2.05, 4.69) is 35.2 Å². The Bertz CT molecular complexity index is 3180. The van der Waals surface area contributed by atoms with Gasteiger partial charge >= 0.3 is 0 Å². The first kappa shape index (κ1) is 25.6. The fraction of sp³-hybridized carbons (Fsp3) is 0. The molecule has 0 aliphatic carbocycles. The van der Waals surface area contributed by atoms with Crippen molar-refractivity contribution in [3.8, 4) is 45.3 Å². The van der Waals surface area contributed by atoms with E-state index >= 15 is 0 Å². The maximum absolute atomic E-state index is 9.48. The summed E-state index contributed by atoms with van der Waals surface area (Å²) < 4.78 is 61.5. The minimum atomic E-state index is -0.420. The molecule has 10 rings (SSSR count). The number of rotatable bonds is 7. The highest BCUT2D eigenvalue weighted by Crippen LogP contribution is 2.40. The standard InChI is InChI=1S/C49H32N4O/c1-5-14-33(15-6-1)47-50-48(34-16-7-2-8-17-34)52-49(51-47)43-22-13-23-44-46(43)42-29-27-38(32-45(42)54-44)35-24-25-37-31-41(28-26-36(37)30-35)53(39-18-9-3-10-19-39)40-20-11-4-12-21-40/h1-32H/i13D,22D,23D,27D,29D,32D. The Labute approximate surface area is 320 Å². The zero-order chi connectivity index (χ0) is 41.1. The summed E-state index contributed by atoms with van der Waals surface area (Å²) in [5.41, 5.74) is 5.06. The number of aromatic nitrogens is 3. The van der Waals surface area contributed by atoms with Crippen LogP contribution in [0.4, 0.5) is 17.1 Å². The Morgan fingerprint density at radius 3 is 1.67 bits per heavy atom. The summed E-state index contributed by atoms with van der Waals surface area (Å²) in [5.74, 6) is 0.698. The molecule has 8 aromatic carbocycles. The second-order valence-electron chi connectivity index (χ2n) is 12.8. The third-order valence-electron chi connectivity index (χ3n) is 9.40. The van der Waals surface area contributed by atoms with Crippen LogP contribution in [-0.4, -0.2) is 15.0 Å². The quantitative estimate of drug-likeness (QED) is 0.166. The first-order valence-electron chi connectivity index (χ1n) is 20.5. The number of nitrogens with zero attached hydrogens (tertiary/aromatic N) is 4. The monoisotopic (exact) mass is 698 g/mol. The van der Waals surface area contributed by atoms with Crippen molar-refractivity contribution in [2.45, 2.75) is 0 Å². The number of fused-ring (bicyclic) bond motifs is 4. The normalized spacial score (nSPS) is 12.9. The van der Waals surface area contributed by atoms with Gasteiger partial charge in [-0.3, -0.25) is 0 Å². The molecule has 0 aliphatic heterocycles. The summed E-state index contributed by atoms with van der Waals surface area (Å²) in [7, 11) is 0. The van der Waals surface area contributed by atoms with E-state index < -0.39 is 6.04 Å². The number of furan rings is 1. The summed E-state index contributed by atoms with van der Waals surface area (Å²) in [5, 5.41) is 2.03. The minimum absolute atomic E-state index is 0.0295. The lowest BCUT2D eigenvalue weighted by Gasteiger charge is -2.25. The van der Waals surface area contributed by atoms with Crippen molar-refractivity contribution in [2.75, 3.05) is 4.90 Å². The maximum Gasteiger partial charge on any atom is 0.164 e. The molecule has 0 atom stereocenters. The molecule has 0 aliphatic rings. The topological polar surface area (TPSA) is 55.1 Å². The van der Waals surface area contributed by atoms with Gasteiger partial charge in [0.25, 0.3) is 0 Å². The Morgan fingerprint density at radius 2 is 1.02 bits per heavy atom. The van der Waals surface area contributed by atoms with Crippen molar-refractivity contribution < 1.29 is 12.6 Å². The van der Waals surface area contributed by atoms with Crippen molar-refractivity contribution >= 4 is 49.8 Å². The molecule has 0 amide bonds. The Morgan fingerprint density at radius 1 is 0.444 bits per heavy atom. The highest BCUT2D eigenvalue weighted by atomic mass is 16.3. The van der Waals surface area contributed by atoms with Crippen molar-refractivity contribution in [3.63, 3.8) is 0 Å². The van der Waals surface area contributed by atoms with Crippen molar-refractivity contribution in [2.24, 2.45) is 0 Å². The van der Waals surface area contributed by atoms with Crippen LogP contribution in [0.1, 0.15) is 8.22 Å². The van der Waals surface area contributed by atoms with Crippen molar-refractivity contribution in [1.29, 1.82) is 0 Å². The van der Waals surface area contributed by atoms with Gasteiger partial charge in [-0.2, -0.15) is 0 Å². The van der Waals surface area contributed by atoms with Gasteiger partial charge in [0.15, 0.2) is 17.5 Å². The predicted molar refractivity (Wildman–Crippen MR) is 221 cm³/mol. The zero-order valence-corrected chi connectivity index (χ0v) is 28.7. The van der Waals surface area contributed by atoms with E-state index in [1.807, 2.05) is 127 Å². The average molecular weight is 699 g/mol. The van der Waals surface area contributed by atoms with Gasteiger partial charge in [-0.1, -0.05) is 133 Å². The number of hydrogen-bond acceptors (Lipinski definition) is 5. The molecule has 0 saturated heterocycles. The van der Waals surface area contributed by atoms with Crippen LogP contribution in [0.25, 0.3) is 78.0 Å². The summed E-state index contributed by atoms with van der Waals surface area (Å²) >= 11 is 0. The molecule has 0 bridgehead atoms. The molecule has 254 valence electrons. The lowest BCUT2D eigenvalue weighted by Crippen LogP contribution is -2.09. The summed E-state index contributed by atoms with van der Waals surface area (Å²) in [6.45, 7) is 0. The van der Waals surface area contributed by atoms with Crippen LogP contribution >= 0.6 is 0 Å². The minimum Gasteiger partial charge on any atom is -0.456 e. The van der Waals surface area contributed by atoms with E-state index in [1.54, 1.807) is 0 Å². The van der Waals surface area contributed by atoms with E-state index in [1.165, 1.54) is 0 Å². The highest BCUT2D eigenvalue weighted by molar-refractivity contribution is 6.12. The lowest BCUT2D eigenvalue weighted by atomic mass is 9.98. The fourth-order valence-corrected chi connectivity index (χ4v) is 6.81. The summed E-state index contributed by atoms with van der Waals surface area (Å²) in [6, 6.07) is 49.0. The Hall–Kier alpha value is -7.37. The number of hydrogen-bond donors (Lipinski definition) is 0. The van der Waals surface area contributed by atoms with Crippen LogP contribution in [0, 0.1) is 0 Å². The van der Waals surface area contributed by atoms with Crippen LogP contribution in [0.5, 0.6) is 0 Å². The molecule has 5 nitrogen and oxygen atoms in total. The molecule has 10 aromatic rings. The summed E-state index contributed by atoms with van der Waals surface area (Å²) in [6.07, 6.45) is 0. The molecule has 2 aromatic heterocycles. The number of benzene rings is 8. The van der Waals surface area contributed by atoms with Gasteiger partial charge in [0.1, 0.15) is 11.2 Å². The average Bonchev–Trinajstić information content (AvgIpc) is 3.70. The molecule has 54 heavy (non-hydrogen) atoms. The van der Waals surface area contributed by atoms with E-state index in [0.717, 1.165) is 27.8 Å². The molecular weight excluding hydrogens is 661 g/mol. The van der Waals surface area contributed by atoms with Crippen LogP contribution in [-0.2, 0) is 0 Å². The van der Waals surface area contributed by atoms with E-state index in [0.29, 0.717) is 28.3 Å². The first-order chi connectivity index (χ1) is 29.3. The molecule has 0 fully saturated rings. The zero-order valence-electron chi connectivity index (χ0n) is 34.7. The maximum atomic E-state index is 9.48. The number of para-hydroxylation sites is 2. The lowest BCUT2D eigenvalue weighted by molar-refractivity contribution is 0.669. The van der Waals surface area contributed by atoms with Gasteiger partial charge in [0, 0.05) is 44.5 Å².